The molecule has 1 amide bonds. The number of rotatable bonds is 5. The summed E-state index contributed by atoms with van der Waals surface area (Å²) < 4.78 is 5.93. The van der Waals surface area contributed by atoms with Crippen LogP contribution in [0.2, 0.25) is 0 Å². The van der Waals surface area contributed by atoms with Crippen LogP contribution in [0.4, 0.5) is 5.69 Å². The lowest BCUT2D eigenvalue weighted by Crippen LogP contribution is -2.45. The fourth-order valence-electron chi connectivity index (χ4n) is 2.99. The van der Waals surface area contributed by atoms with Crippen LogP contribution in [0.1, 0.15) is 38.2 Å². The van der Waals surface area contributed by atoms with Gasteiger partial charge in [0.05, 0.1) is 6.10 Å². The summed E-state index contributed by atoms with van der Waals surface area (Å²) in [6, 6.07) is 16.9. The van der Waals surface area contributed by atoms with E-state index in [9.17, 15) is 4.79 Å². The van der Waals surface area contributed by atoms with E-state index in [0.29, 0.717) is 11.8 Å². The molecule has 4 nitrogen and oxygen atoms in total. The molecule has 134 valence electrons. The molecule has 0 bridgehead atoms. The van der Waals surface area contributed by atoms with Crippen molar-refractivity contribution in [3.05, 3.63) is 60.2 Å². The fourth-order valence-corrected chi connectivity index (χ4v) is 2.99. The second-order valence-corrected chi connectivity index (χ2v) is 6.57. The molecule has 1 unspecified atom stereocenters. The third-order valence-corrected chi connectivity index (χ3v) is 4.56. The predicted octanol–water partition coefficient (Wildman–Crippen LogP) is 4.24. The molecule has 1 aliphatic carbocycles. The Hall–Kier alpha value is -2.04. The minimum Gasteiger partial charge on any atom is -0.490 e. The minimum absolute atomic E-state index is 0. The first-order valence-electron chi connectivity index (χ1n) is 8.48. The number of nitrogens with two attached hydrogens (primary N) is 1. The van der Waals surface area contributed by atoms with Crippen LogP contribution >= 0.6 is 12.4 Å². The number of nitrogens with one attached hydrogen (secondary N) is 1. The summed E-state index contributed by atoms with van der Waals surface area (Å²) in [6.07, 6.45) is 5.07. The molecule has 0 heterocycles. The van der Waals surface area contributed by atoms with Gasteiger partial charge in [0.1, 0.15) is 11.3 Å². The van der Waals surface area contributed by atoms with Crippen LogP contribution in [0, 0.1) is 0 Å². The Morgan fingerprint density at radius 2 is 1.68 bits per heavy atom. The molecule has 0 radical (unpaired) electrons. The van der Waals surface area contributed by atoms with E-state index in [1.165, 1.54) is 12.8 Å². The van der Waals surface area contributed by atoms with E-state index in [4.69, 9.17) is 10.5 Å². The first-order valence-corrected chi connectivity index (χ1v) is 8.48. The topological polar surface area (TPSA) is 64.4 Å². The van der Waals surface area contributed by atoms with Crippen molar-refractivity contribution in [2.45, 2.75) is 44.2 Å². The maximum atomic E-state index is 12.5. The van der Waals surface area contributed by atoms with Crippen LogP contribution in [0.5, 0.6) is 5.75 Å². The van der Waals surface area contributed by atoms with E-state index >= 15 is 0 Å². The SMILES string of the molecule is CC(N)(C(=O)Nc1ccc(OC2CCCC2)cc1)c1ccccc1.Cl. The molecule has 3 rings (SSSR count). The molecular weight excluding hydrogens is 336 g/mol. The second-order valence-electron chi connectivity index (χ2n) is 6.57. The lowest BCUT2D eigenvalue weighted by molar-refractivity contribution is -0.120. The summed E-state index contributed by atoms with van der Waals surface area (Å²) in [6.45, 7) is 1.72. The molecule has 1 saturated carbocycles. The Morgan fingerprint density at radius 3 is 2.28 bits per heavy atom. The Bertz CT molecular complexity index is 681. The number of amides is 1. The Kier molecular flexibility index (Phi) is 6.45. The van der Waals surface area contributed by atoms with Gasteiger partial charge in [-0.3, -0.25) is 4.79 Å². The van der Waals surface area contributed by atoms with Gasteiger partial charge in [-0.2, -0.15) is 0 Å². The van der Waals surface area contributed by atoms with Gasteiger partial charge in [0.15, 0.2) is 0 Å². The minimum atomic E-state index is -1.08. The first-order chi connectivity index (χ1) is 11.6. The van der Waals surface area contributed by atoms with Gasteiger partial charge in [0.2, 0.25) is 5.91 Å². The number of anilines is 1. The molecule has 3 N–H and O–H groups in total. The average Bonchev–Trinajstić information content (AvgIpc) is 3.10. The van der Waals surface area contributed by atoms with Crippen molar-refractivity contribution in [3.63, 3.8) is 0 Å². The van der Waals surface area contributed by atoms with Crippen molar-refractivity contribution < 1.29 is 9.53 Å². The Morgan fingerprint density at radius 1 is 1.08 bits per heavy atom. The zero-order valence-corrected chi connectivity index (χ0v) is 15.2. The quantitative estimate of drug-likeness (QED) is 0.838. The number of halogens is 1. The van der Waals surface area contributed by atoms with Crippen LogP contribution < -0.4 is 15.8 Å². The average molecular weight is 361 g/mol. The first kappa shape index (κ1) is 19.3. The summed E-state index contributed by atoms with van der Waals surface area (Å²) in [5.74, 6) is 0.608. The van der Waals surface area contributed by atoms with Gasteiger partial charge in [0, 0.05) is 5.69 Å². The third-order valence-electron chi connectivity index (χ3n) is 4.56. The van der Waals surface area contributed by atoms with E-state index in [1.54, 1.807) is 6.92 Å². The number of benzene rings is 2. The van der Waals surface area contributed by atoms with Crippen LogP contribution in [0.3, 0.4) is 0 Å². The number of carbonyl (C=O) groups excluding carboxylic acids is 1. The smallest absolute Gasteiger partial charge is 0.248 e. The normalized spacial score (nSPS) is 16.6. The van der Waals surface area contributed by atoms with Gasteiger partial charge in [0.25, 0.3) is 0 Å². The molecular formula is C20H25ClN2O2. The molecule has 1 fully saturated rings. The van der Waals surface area contributed by atoms with Gasteiger partial charge < -0.3 is 15.8 Å². The standard InChI is InChI=1S/C20H24N2O2.ClH/c1-20(21,15-7-3-2-4-8-15)19(23)22-16-11-13-18(14-12-16)24-17-9-5-6-10-17;/h2-4,7-8,11-14,17H,5-6,9-10,21H2,1H3,(H,22,23);1H. The summed E-state index contributed by atoms with van der Waals surface area (Å²) in [5.41, 5.74) is 6.64. The summed E-state index contributed by atoms with van der Waals surface area (Å²) in [4.78, 5) is 12.5. The monoisotopic (exact) mass is 360 g/mol. The molecule has 2 aromatic rings. The summed E-state index contributed by atoms with van der Waals surface area (Å²) in [5, 5.41) is 2.88. The van der Waals surface area contributed by atoms with Crippen LogP contribution in [-0.4, -0.2) is 12.0 Å². The number of hydrogen-bond donors (Lipinski definition) is 2. The van der Waals surface area contributed by atoms with Crippen LogP contribution in [-0.2, 0) is 10.3 Å². The van der Waals surface area contributed by atoms with Gasteiger partial charge in [-0.25, -0.2) is 0 Å². The van der Waals surface area contributed by atoms with Gasteiger partial charge in [-0.05, 0) is 62.4 Å². The largest absolute Gasteiger partial charge is 0.490 e. The molecule has 1 aliphatic rings. The van der Waals surface area contributed by atoms with Crippen molar-refractivity contribution >= 4 is 24.0 Å². The molecule has 0 aliphatic heterocycles. The highest BCUT2D eigenvalue weighted by Gasteiger charge is 2.30. The van der Waals surface area contributed by atoms with Gasteiger partial charge >= 0.3 is 0 Å². The third kappa shape index (κ3) is 4.74. The zero-order chi connectivity index (χ0) is 17.0. The van der Waals surface area contributed by atoms with Crippen molar-refractivity contribution in [1.82, 2.24) is 0 Å². The maximum absolute atomic E-state index is 12.5. The van der Waals surface area contributed by atoms with E-state index in [-0.39, 0.29) is 18.3 Å². The Labute approximate surface area is 155 Å². The van der Waals surface area contributed by atoms with E-state index in [2.05, 4.69) is 5.32 Å². The molecule has 0 spiro atoms. The molecule has 2 aromatic carbocycles. The van der Waals surface area contributed by atoms with Crippen molar-refractivity contribution in [2.75, 3.05) is 5.32 Å². The highest BCUT2D eigenvalue weighted by atomic mass is 35.5. The highest BCUT2D eigenvalue weighted by molar-refractivity contribution is 5.98. The van der Waals surface area contributed by atoms with Gasteiger partial charge in [-0.1, -0.05) is 30.3 Å². The van der Waals surface area contributed by atoms with Crippen molar-refractivity contribution in [3.8, 4) is 5.75 Å². The molecule has 1 atom stereocenters. The predicted molar refractivity (Wildman–Crippen MR) is 103 cm³/mol. The summed E-state index contributed by atoms with van der Waals surface area (Å²) >= 11 is 0. The number of hydrogen-bond acceptors (Lipinski definition) is 3. The van der Waals surface area contributed by atoms with Crippen molar-refractivity contribution in [1.29, 1.82) is 0 Å². The van der Waals surface area contributed by atoms with Crippen LogP contribution in [0.15, 0.2) is 54.6 Å². The zero-order valence-electron chi connectivity index (χ0n) is 14.4. The van der Waals surface area contributed by atoms with Gasteiger partial charge in [-0.15, -0.1) is 12.4 Å². The highest BCUT2D eigenvalue weighted by Crippen LogP contribution is 2.26. The van der Waals surface area contributed by atoms with E-state index < -0.39 is 5.54 Å². The van der Waals surface area contributed by atoms with E-state index in [1.807, 2.05) is 54.6 Å². The number of carbonyl (C=O) groups is 1. The summed E-state index contributed by atoms with van der Waals surface area (Å²) in [7, 11) is 0. The molecule has 0 saturated heterocycles. The van der Waals surface area contributed by atoms with E-state index in [0.717, 1.165) is 24.2 Å². The maximum Gasteiger partial charge on any atom is 0.248 e. The fraction of sp³-hybridized carbons (Fsp3) is 0.350. The molecule has 25 heavy (non-hydrogen) atoms. The molecule has 0 aromatic heterocycles. The Balaban J connectivity index is 0.00000225. The van der Waals surface area contributed by atoms with Crippen LogP contribution in [0.25, 0.3) is 0 Å². The second kappa shape index (κ2) is 8.37. The number of ether oxygens (including phenoxy) is 1. The lowest BCUT2D eigenvalue weighted by atomic mass is 9.92. The lowest BCUT2D eigenvalue weighted by Gasteiger charge is -2.24. The van der Waals surface area contributed by atoms with Crippen molar-refractivity contribution in [2.24, 2.45) is 5.73 Å². The molecule has 5 heteroatoms.